The third kappa shape index (κ3) is 5.10. The molecule has 4 heteroatoms. The van der Waals surface area contributed by atoms with E-state index in [0.29, 0.717) is 6.42 Å². The van der Waals surface area contributed by atoms with Crippen molar-refractivity contribution < 1.29 is 4.79 Å². The number of halogens is 1. The summed E-state index contributed by atoms with van der Waals surface area (Å²) in [7, 11) is 0. The fourth-order valence-corrected chi connectivity index (χ4v) is 2.85. The number of amides is 1. The maximum Gasteiger partial charge on any atom is 0.225 e. The summed E-state index contributed by atoms with van der Waals surface area (Å²) in [5.41, 5.74) is 3.13. The van der Waals surface area contributed by atoms with Crippen molar-refractivity contribution in [2.75, 3.05) is 11.1 Å². The van der Waals surface area contributed by atoms with Crippen LogP contribution < -0.4 is 5.32 Å². The zero-order chi connectivity index (χ0) is 15.2. The van der Waals surface area contributed by atoms with Crippen LogP contribution in [0.5, 0.6) is 0 Å². The molecule has 1 amide bonds. The van der Waals surface area contributed by atoms with E-state index >= 15 is 0 Å². The molecule has 2 aromatic carbocycles. The number of anilines is 1. The van der Waals surface area contributed by atoms with E-state index in [2.05, 4.69) is 5.32 Å². The van der Waals surface area contributed by atoms with Crippen LogP contribution in [0.25, 0.3) is 0 Å². The molecule has 0 bridgehead atoms. The summed E-state index contributed by atoms with van der Waals surface area (Å²) in [5.74, 6) is 0.795. The number of aryl methyl sites for hydroxylation is 2. The lowest BCUT2D eigenvalue weighted by Gasteiger charge is -2.09. The van der Waals surface area contributed by atoms with Gasteiger partial charge in [-0.25, -0.2) is 0 Å². The van der Waals surface area contributed by atoms with Crippen LogP contribution >= 0.6 is 23.4 Å². The Hall–Kier alpha value is -1.45. The van der Waals surface area contributed by atoms with Gasteiger partial charge < -0.3 is 5.32 Å². The van der Waals surface area contributed by atoms with Crippen molar-refractivity contribution in [2.24, 2.45) is 0 Å². The number of rotatable bonds is 5. The third-order valence-corrected chi connectivity index (χ3v) is 4.34. The topological polar surface area (TPSA) is 29.1 Å². The van der Waals surface area contributed by atoms with E-state index in [1.807, 2.05) is 56.3 Å². The molecule has 0 saturated carbocycles. The Morgan fingerprint density at radius 3 is 2.57 bits per heavy atom. The number of hydrogen-bond acceptors (Lipinski definition) is 2. The number of nitrogens with one attached hydrogen (secondary N) is 1. The normalized spacial score (nSPS) is 10.4. The van der Waals surface area contributed by atoms with E-state index in [-0.39, 0.29) is 5.91 Å². The second kappa shape index (κ2) is 7.53. The summed E-state index contributed by atoms with van der Waals surface area (Å²) in [6.07, 6.45) is 0.487. The standard InChI is InChI=1S/C17H18ClNOS/c1-12-3-4-13(2)16(11-12)19-17(20)9-10-21-15-7-5-14(18)6-8-15/h3-8,11H,9-10H2,1-2H3,(H,19,20). The zero-order valence-electron chi connectivity index (χ0n) is 12.2. The van der Waals surface area contributed by atoms with Gasteiger partial charge in [0.2, 0.25) is 5.91 Å². The molecule has 21 heavy (non-hydrogen) atoms. The maximum absolute atomic E-state index is 12.0. The van der Waals surface area contributed by atoms with E-state index < -0.39 is 0 Å². The molecular weight excluding hydrogens is 302 g/mol. The van der Waals surface area contributed by atoms with Crippen molar-refractivity contribution in [3.05, 3.63) is 58.6 Å². The minimum Gasteiger partial charge on any atom is -0.326 e. The Bertz CT molecular complexity index is 625. The largest absolute Gasteiger partial charge is 0.326 e. The molecular formula is C17H18ClNOS. The molecule has 0 unspecified atom stereocenters. The van der Waals surface area contributed by atoms with Crippen LogP contribution in [0, 0.1) is 13.8 Å². The van der Waals surface area contributed by atoms with Gasteiger partial charge in [0.1, 0.15) is 0 Å². The SMILES string of the molecule is Cc1ccc(C)c(NC(=O)CCSc2ccc(Cl)cc2)c1. The molecule has 110 valence electrons. The summed E-state index contributed by atoms with van der Waals surface area (Å²) in [5, 5.41) is 3.70. The molecule has 0 aliphatic carbocycles. The summed E-state index contributed by atoms with van der Waals surface area (Å²) < 4.78 is 0. The van der Waals surface area contributed by atoms with Crippen molar-refractivity contribution in [3.63, 3.8) is 0 Å². The third-order valence-electron chi connectivity index (χ3n) is 3.08. The number of benzene rings is 2. The molecule has 0 fully saturated rings. The first-order valence-corrected chi connectivity index (χ1v) is 8.16. The zero-order valence-corrected chi connectivity index (χ0v) is 13.7. The van der Waals surface area contributed by atoms with Crippen LogP contribution in [0.1, 0.15) is 17.5 Å². The Labute approximate surface area is 134 Å². The van der Waals surface area contributed by atoms with Crippen LogP contribution in [-0.2, 0) is 4.79 Å². The van der Waals surface area contributed by atoms with Gasteiger partial charge >= 0.3 is 0 Å². The minimum absolute atomic E-state index is 0.0464. The van der Waals surface area contributed by atoms with E-state index in [0.717, 1.165) is 32.5 Å². The highest BCUT2D eigenvalue weighted by molar-refractivity contribution is 7.99. The van der Waals surface area contributed by atoms with Gasteiger partial charge in [0.05, 0.1) is 0 Å². The molecule has 0 aromatic heterocycles. The van der Waals surface area contributed by atoms with Crippen LogP contribution in [0.2, 0.25) is 5.02 Å². The van der Waals surface area contributed by atoms with Crippen molar-refractivity contribution in [3.8, 4) is 0 Å². The van der Waals surface area contributed by atoms with Gasteiger partial charge in [-0.3, -0.25) is 4.79 Å². The monoisotopic (exact) mass is 319 g/mol. The summed E-state index contributed by atoms with van der Waals surface area (Å²) in [4.78, 5) is 13.1. The number of hydrogen-bond donors (Lipinski definition) is 1. The highest BCUT2D eigenvalue weighted by atomic mass is 35.5. The predicted molar refractivity (Wildman–Crippen MR) is 91.3 cm³/mol. The average Bonchev–Trinajstić information content (AvgIpc) is 2.45. The lowest BCUT2D eigenvalue weighted by atomic mass is 10.1. The number of carbonyl (C=O) groups is 1. The number of carbonyl (C=O) groups excluding carboxylic acids is 1. The second-order valence-corrected chi connectivity index (χ2v) is 6.52. The molecule has 2 aromatic rings. The van der Waals surface area contributed by atoms with Crippen molar-refractivity contribution >= 4 is 35.0 Å². The first-order valence-electron chi connectivity index (χ1n) is 6.80. The fourth-order valence-electron chi connectivity index (χ4n) is 1.88. The smallest absolute Gasteiger partial charge is 0.225 e. The molecule has 2 nitrogen and oxygen atoms in total. The van der Waals surface area contributed by atoms with Gasteiger partial charge in [-0.1, -0.05) is 23.7 Å². The van der Waals surface area contributed by atoms with Gasteiger partial charge in [-0.05, 0) is 55.3 Å². The van der Waals surface area contributed by atoms with Crippen molar-refractivity contribution in [1.29, 1.82) is 0 Å². The molecule has 1 N–H and O–H groups in total. The fraction of sp³-hybridized carbons (Fsp3) is 0.235. The van der Waals surface area contributed by atoms with Gasteiger partial charge in [0, 0.05) is 27.8 Å². The van der Waals surface area contributed by atoms with Crippen LogP contribution in [0.15, 0.2) is 47.4 Å². The Balaban J connectivity index is 1.82. The highest BCUT2D eigenvalue weighted by Crippen LogP contribution is 2.21. The molecule has 0 aliphatic heterocycles. The van der Waals surface area contributed by atoms with Gasteiger partial charge in [-0.15, -0.1) is 11.8 Å². The maximum atomic E-state index is 12.0. The van der Waals surface area contributed by atoms with E-state index in [4.69, 9.17) is 11.6 Å². The van der Waals surface area contributed by atoms with Crippen LogP contribution in [-0.4, -0.2) is 11.7 Å². The minimum atomic E-state index is 0.0464. The van der Waals surface area contributed by atoms with Gasteiger partial charge in [0.25, 0.3) is 0 Å². The Kier molecular flexibility index (Phi) is 5.71. The number of thioether (sulfide) groups is 1. The molecule has 2 rings (SSSR count). The molecule has 0 atom stereocenters. The first kappa shape index (κ1) is 15.9. The highest BCUT2D eigenvalue weighted by Gasteiger charge is 2.05. The molecule has 0 heterocycles. The molecule has 0 saturated heterocycles. The van der Waals surface area contributed by atoms with Crippen LogP contribution in [0.4, 0.5) is 5.69 Å². The predicted octanol–water partition coefficient (Wildman–Crippen LogP) is 5.08. The Morgan fingerprint density at radius 1 is 1.14 bits per heavy atom. The van der Waals surface area contributed by atoms with Gasteiger partial charge in [-0.2, -0.15) is 0 Å². The first-order chi connectivity index (χ1) is 10.0. The summed E-state index contributed by atoms with van der Waals surface area (Å²) in [6.45, 7) is 4.02. The Morgan fingerprint density at radius 2 is 1.86 bits per heavy atom. The van der Waals surface area contributed by atoms with E-state index in [1.165, 1.54) is 0 Å². The average molecular weight is 320 g/mol. The summed E-state index contributed by atoms with van der Waals surface area (Å²) >= 11 is 7.50. The van der Waals surface area contributed by atoms with E-state index in [1.54, 1.807) is 11.8 Å². The molecule has 0 aliphatic rings. The van der Waals surface area contributed by atoms with Crippen molar-refractivity contribution in [2.45, 2.75) is 25.2 Å². The lowest BCUT2D eigenvalue weighted by Crippen LogP contribution is -2.13. The van der Waals surface area contributed by atoms with Gasteiger partial charge in [0.15, 0.2) is 0 Å². The molecule has 0 spiro atoms. The lowest BCUT2D eigenvalue weighted by molar-refractivity contribution is -0.115. The second-order valence-electron chi connectivity index (χ2n) is 4.92. The molecule has 0 radical (unpaired) electrons. The summed E-state index contributed by atoms with van der Waals surface area (Å²) in [6, 6.07) is 13.7. The van der Waals surface area contributed by atoms with Crippen LogP contribution in [0.3, 0.4) is 0 Å². The van der Waals surface area contributed by atoms with Crippen molar-refractivity contribution in [1.82, 2.24) is 0 Å². The van der Waals surface area contributed by atoms with E-state index in [9.17, 15) is 4.79 Å². The quantitative estimate of drug-likeness (QED) is 0.779.